The van der Waals surface area contributed by atoms with Crippen LogP contribution in [-0.4, -0.2) is 51.4 Å². The highest BCUT2D eigenvalue weighted by atomic mass is 32.1. The van der Waals surface area contributed by atoms with E-state index >= 15 is 0 Å². The molecule has 2 N–H and O–H groups in total. The Morgan fingerprint density at radius 1 is 1.50 bits per heavy atom. The number of amides is 1. The molecule has 6 nitrogen and oxygen atoms in total. The number of nitrogens with one attached hydrogen (secondary N) is 1. The molecule has 3 rings (SSSR count). The number of aliphatic hydroxyl groups is 1. The lowest BCUT2D eigenvalue weighted by Crippen LogP contribution is -2.38. The van der Waals surface area contributed by atoms with E-state index in [1.807, 2.05) is 22.4 Å². The van der Waals surface area contributed by atoms with E-state index in [1.54, 1.807) is 28.3 Å². The number of thiophene rings is 1. The fourth-order valence-electron chi connectivity index (χ4n) is 2.79. The zero-order valence-electron chi connectivity index (χ0n) is 12.3. The van der Waals surface area contributed by atoms with E-state index in [0.29, 0.717) is 18.9 Å². The van der Waals surface area contributed by atoms with Gasteiger partial charge < -0.3 is 10.4 Å². The molecule has 0 aliphatic carbocycles. The third-order valence-corrected chi connectivity index (χ3v) is 4.79. The van der Waals surface area contributed by atoms with Crippen LogP contribution in [0.5, 0.6) is 0 Å². The molecule has 22 heavy (non-hydrogen) atoms. The lowest BCUT2D eigenvalue weighted by Gasteiger charge is -2.21. The van der Waals surface area contributed by atoms with E-state index in [2.05, 4.69) is 10.4 Å². The summed E-state index contributed by atoms with van der Waals surface area (Å²) in [6.07, 6.45) is 3.69. The minimum atomic E-state index is -0.0618. The van der Waals surface area contributed by atoms with Crippen LogP contribution in [-0.2, 0) is 11.3 Å². The molecule has 1 amide bonds. The van der Waals surface area contributed by atoms with Gasteiger partial charge in [0.05, 0.1) is 25.9 Å². The molecule has 7 heteroatoms. The fraction of sp³-hybridized carbons (Fsp3) is 0.467. The van der Waals surface area contributed by atoms with Crippen molar-refractivity contribution in [2.24, 2.45) is 0 Å². The molecule has 0 radical (unpaired) electrons. The van der Waals surface area contributed by atoms with Gasteiger partial charge in [0.1, 0.15) is 5.82 Å². The molecule has 2 aromatic rings. The highest BCUT2D eigenvalue weighted by Crippen LogP contribution is 2.17. The molecule has 118 valence electrons. The predicted octanol–water partition coefficient (Wildman–Crippen LogP) is 1.39. The summed E-state index contributed by atoms with van der Waals surface area (Å²) in [5.74, 6) is 0.645. The maximum absolute atomic E-state index is 12.2. The number of hydrogen-bond acceptors (Lipinski definition) is 5. The molecule has 0 aromatic carbocycles. The Labute approximate surface area is 133 Å². The summed E-state index contributed by atoms with van der Waals surface area (Å²) in [7, 11) is 0. The maximum Gasteiger partial charge on any atom is 0.239 e. The Morgan fingerprint density at radius 3 is 3.18 bits per heavy atom. The first-order chi connectivity index (χ1) is 10.8. The van der Waals surface area contributed by atoms with Crippen LogP contribution in [0.1, 0.15) is 17.7 Å². The Morgan fingerprint density at radius 2 is 2.41 bits per heavy atom. The molecule has 0 spiro atoms. The zero-order chi connectivity index (χ0) is 15.4. The van der Waals surface area contributed by atoms with Crippen molar-refractivity contribution in [2.45, 2.75) is 25.4 Å². The van der Waals surface area contributed by atoms with Gasteiger partial charge in [0, 0.05) is 17.0 Å². The van der Waals surface area contributed by atoms with Crippen LogP contribution in [0, 0.1) is 0 Å². The van der Waals surface area contributed by atoms with Gasteiger partial charge in [-0.2, -0.15) is 5.10 Å². The molecule has 3 heterocycles. The first-order valence-corrected chi connectivity index (χ1v) is 8.33. The van der Waals surface area contributed by atoms with Crippen molar-refractivity contribution in [2.75, 3.05) is 25.0 Å². The van der Waals surface area contributed by atoms with Crippen molar-refractivity contribution < 1.29 is 9.90 Å². The zero-order valence-corrected chi connectivity index (χ0v) is 13.1. The Kier molecular flexibility index (Phi) is 4.87. The Bertz CT molecular complexity index is 611. The average molecular weight is 320 g/mol. The van der Waals surface area contributed by atoms with Crippen LogP contribution in [0.3, 0.4) is 0 Å². The second-order valence-corrected chi connectivity index (χ2v) is 6.48. The smallest absolute Gasteiger partial charge is 0.239 e. The van der Waals surface area contributed by atoms with E-state index < -0.39 is 0 Å². The molecule has 1 fully saturated rings. The minimum absolute atomic E-state index is 0.0618. The van der Waals surface area contributed by atoms with Gasteiger partial charge in [-0.3, -0.25) is 9.69 Å². The quantitative estimate of drug-likeness (QED) is 0.844. The molecule has 0 saturated carbocycles. The van der Waals surface area contributed by atoms with Crippen molar-refractivity contribution in [1.82, 2.24) is 14.7 Å². The van der Waals surface area contributed by atoms with Gasteiger partial charge in [-0.25, -0.2) is 4.68 Å². The van der Waals surface area contributed by atoms with Crippen LogP contribution in [0.4, 0.5) is 5.82 Å². The lowest BCUT2D eigenvalue weighted by molar-refractivity contribution is -0.117. The van der Waals surface area contributed by atoms with Crippen molar-refractivity contribution in [3.63, 3.8) is 0 Å². The van der Waals surface area contributed by atoms with Crippen LogP contribution >= 0.6 is 11.3 Å². The summed E-state index contributed by atoms with van der Waals surface area (Å²) in [6.45, 7) is 1.95. The topological polar surface area (TPSA) is 70.4 Å². The number of nitrogens with zero attached hydrogens (tertiary/aromatic N) is 3. The van der Waals surface area contributed by atoms with Crippen LogP contribution in [0.2, 0.25) is 0 Å². The van der Waals surface area contributed by atoms with E-state index in [-0.39, 0.29) is 18.6 Å². The van der Waals surface area contributed by atoms with E-state index in [4.69, 9.17) is 0 Å². The van der Waals surface area contributed by atoms with Gasteiger partial charge in [0.2, 0.25) is 5.91 Å². The first kappa shape index (κ1) is 15.2. The highest BCUT2D eigenvalue weighted by molar-refractivity contribution is 7.09. The number of hydrogen-bond donors (Lipinski definition) is 2. The van der Waals surface area contributed by atoms with Crippen LogP contribution < -0.4 is 5.32 Å². The molecule has 0 unspecified atom stereocenters. The van der Waals surface area contributed by atoms with E-state index in [1.165, 1.54) is 4.88 Å². The molecule has 1 aliphatic heterocycles. The number of rotatable bonds is 6. The van der Waals surface area contributed by atoms with Crippen LogP contribution in [0.25, 0.3) is 0 Å². The van der Waals surface area contributed by atoms with Crippen molar-refractivity contribution in [3.8, 4) is 0 Å². The molecule has 1 saturated heterocycles. The number of aliphatic hydroxyl groups excluding tert-OH is 1. The second kappa shape index (κ2) is 7.04. The largest absolute Gasteiger partial charge is 0.395 e. The fourth-order valence-corrected chi connectivity index (χ4v) is 3.48. The van der Waals surface area contributed by atoms with Gasteiger partial charge in [0.15, 0.2) is 0 Å². The Hall–Kier alpha value is -1.70. The normalized spacial score (nSPS) is 18.7. The maximum atomic E-state index is 12.2. The summed E-state index contributed by atoms with van der Waals surface area (Å²) in [6, 6.07) is 5.97. The molecule has 2 aromatic heterocycles. The van der Waals surface area contributed by atoms with E-state index in [9.17, 15) is 9.90 Å². The van der Waals surface area contributed by atoms with Crippen molar-refractivity contribution >= 4 is 23.1 Å². The molecular weight excluding hydrogens is 300 g/mol. The number of likely N-dealkylation sites (tertiary alicyclic amines) is 1. The van der Waals surface area contributed by atoms with Crippen molar-refractivity contribution in [3.05, 3.63) is 34.7 Å². The van der Waals surface area contributed by atoms with Gasteiger partial charge in [0.25, 0.3) is 0 Å². The number of carbonyl (C=O) groups excluding carboxylic acids is 1. The summed E-state index contributed by atoms with van der Waals surface area (Å²) < 4.78 is 1.79. The predicted molar refractivity (Wildman–Crippen MR) is 86.0 cm³/mol. The summed E-state index contributed by atoms with van der Waals surface area (Å²) in [5, 5.41) is 18.5. The SMILES string of the molecule is O=C(CN1CCC[C@@H]1CO)Nc1ccnn1Cc1cccs1. The second-order valence-electron chi connectivity index (χ2n) is 5.45. The Balaban J connectivity index is 1.59. The number of carbonyl (C=O) groups is 1. The summed E-state index contributed by atoms with van der Waals surface area (Å²) in [4.78, 5) is 15.4. The molecular formula is C15H20N4O2S. The first-order valence-electron chi connectivity index (χ1n) is 7.45. The lowest BCUT2D eigenvalue weighted by atomic mass is 10.2. The summed E-state index contributed by atoms with van der Waals surface area (Å²) >= 11 is 1.67. The summed E-state index contributed by atoms with van der Waals surface area (Å²) in [5.41, 5.74) is 0. The molecule has 0 bridgehead atoms. The number of anilines is 1. The molecule has 1 aliphatic rings. The van der Waals surface area contributed by atoms with Gasteiger partial charge in [-0.05, 0) is 30.8 Å². The van der Waals surface area contributed by atoms with Crippen molar-refractivity contribution in [1.29, 1.82) is 0 Å². The van der Waals surface area contributed by atoms with Crippen LogP contribution in [0.15, 0.2) is 29.8 Å². The van der Waals surface area contributed by atoms with Gasteiger partial charge in [-0.15, -0.1) is 11.3 Å². The third kappa shape index (κ3) is 3.55. The van der Waals surface area contributed by atoms with Gasteiger partial charge >= 0.3 is 0 Å². The standard InChI is InChI=1S/C15H20N4O2S/c20-11-12-3-1-7-18(12)10-15(21)17-14-5-6-16-19(14)9-13-4-2-8-22-13/h2,4-6,8,12,20H,1,3,7,9-11H2,(H,17,21)/t12-/m1/s1. The van der Waals surface area contributed by atoms with Gasteiger partial charge in [-0.1, -0.05) is 6.07 Å². The monoisotopic (exact) mass is 320 g/mol. The minimum Gasteiger partial charge on any atom is -0.395 e. The highest BCUT2D eigenvalue weighted by Gasteiger charge is 2.25. The van der Waals surface area contributed by atoms with E-state index in [0.717, 1.165) is 19.4 Å². The number of aromatic nitrogens is 2. The average Bonchev–Trinajstić information content (AvgIpc) is 3.22. The third-order valence-electron chi connectivity index (χ3n) is 3.93. The molecule has 1 atom stereocenters.